The number of halogens is 2. The molecule has 0 radical (unpaired) electrons. The molecule has 6 nitrogen and oxygen atoms in total. The van der Waals surface area contributed by atoms with E-state index in [1.54, 1.807) is 13.0 Å². The number of benzene rings is 2. The Morgan fingerprint density at radius 1 is 1.14 bits per heavy atom. The van der Waals surface area contributed by atoms with Gasteiger partial charge in [0.1, 0.15) is 22.3 Å². The Morgan fingerprint density at radius 3 is 2.39 bits per heavy atom. The van der Waals surface area contributed by atoms with E-state index >= 15 is 0 Å². The number of nitrogens with zero attached hydrogens (tertiary/aromatic N) is 1. The number of methoxy groups -OCH3 is 1. The molecule has 1 heterocycles. The lowest BCUT2D eigenvalue weighted by Gasteiger charge is -2.27. The minimum Gasteiger partial charge on any atom is -0.495 e. The summed E-state index contributed by atoms with van der Waals surface area (Å²) in [5.41, 5.74) is 0.290. The van der Waals surface area contributed by atoms with Gasteiger partial charge in [-0.15, -0.1) is 0 Å². The number of nitrogens with one attached hydrogen (secondary N) is 1. The van der Waals surface area contributed by atoms with E-state index < -0.39 is 27.7 Å². The molecule has 0 aliphatic carbocycles. The zero-order valence-corrected chi connectivity index (χ0v) is 16.4. The van der Waals surface area contributed by atoms with Gasteiger partial charge in [0.25, 0.3) is 0 Å². The molecule has 1 fully saturated rings. The van der Waals surface area contributed by atoms with Crippen molar-refractivity contribution < 1.29 is 26.7 Å². The van der Waals surface area contributed by atoms with Gasteiger partial charge in [-0.1, -0.05) is 6.07 Å². The topological polar surface area (TPSA) is 67.9 Å². The molecule has 0 amide bonds. The first-order valence-corrected chi connectivity index (χ1v) is 10.2. The van der Waals surface area contributed by atoms with E-state index in [-0.39, 0.29) is 29.3 Å². The number of hydrogen-bond donors (Lipinski definition) is 1. The zero-order valence-electron chi connectivity index (χ0n) is 15.6. The van der Waals surface area contributed by atoms with Crippen LogP contribution in [0.1, 0.15) is 18.5 Å². The molecule has 1 aliphatic heterocycles. The van der Waals surface area contributed by atoms with E-state index in [2.05, 4.69) is 5.32 Å². The molecule has 28 heavy (non-hydrogen) atoms. The van der Waals surface area contributed by atoms with Crippen LogP contribution in [-0.2, 0) is 14.8 Å². The monoisotopic (exact) mass is 412 g/mol. The normalized spacial score (nSPS) is 16.6. The minimum atomic E-state index is -3.80. The second-order valence-electron chi connectivity index (χ2n) is 6.38. The Balaban J connectivity index is 1.93. The van der Waals surface area contributed by atoms with Crippen LogP contribution in [0.4, 0.5) is 14.5 Å². The Bertz CT molecular complexity index is 927. The average Bonchev–Trinajstić information content (AvgIpc) is 2.68. The van der Waals surface area contributed by atoms with Crippen molar-refractivity contribution in [3.05, 3.63) is 53.6 Å². The molecule has 2 aromatic carbocycles. The first-order chi connectivity index (χ1) is 13.3. The quantitative estimate of drug-likeness (QED) is 0.790. The Hall–Kier alpha value is -2.23. The van der Waals surface area contributed by atoms with Crippen LogP contribution in [0.3, 0.4) is 0 Å². The van der Waals surface area contributed by atoms with Gasteiger partial charge in [0.05, 0.1) is 26.4 Å². The SMILES string of the molecule is COc1ccc(N[C@@H](C)c2c(F)cccc2F)cc1S(=O)(=O)N1CCOCC1. The summed E-state index contributed by atoms with van der Waals surface area (Å²) in [4.78, 5) is -0.0110. The summed E-state index contributed by atoms with van der Waals surface area (Å²) in [6, 6.07) is 7.47. The largest absolute Gasteiger partial charge is 0.495 e. The third kappa shape index (κ3) is 4.11. The number of sulfonamides is 1. The number of morpholine rings is 1. The van der Waals surface area contributed by atoms with Gasteiger partial charge in [-0.25, -0.2) is 17.2 Å². The molecule has 1 atom stereocenters. The number of hydrogen-bond acceptors (Lipinski definition) is 5. The highest BCUT2D eigenvalue weighted by Crippen LogP contribution is 2.32. The predicted molar refractivity (Wildman–Crippen MR) is 101 cm³/mol. The number of anilines is 1. The van der Waals surface area contributed by atoms with Crippen LogP contribution in [0.2, 0.25) is 0 Å². The predicted octanol–water partition coefficient (Wildman–Crippen LogP) is 3.17. The minimum absolute atomic E-state index is 0.0110. The molecule has 0 aromatic heterocycles. The molecule has 0 unspecified atom stereocenters. The van der Waals surface area contributed by atoms with Crippen LogP contribution in [-0.4, -0.2) is 46.1 Å². The van der Waals surface area contributed by atoms with Crippen molar-refractivity contribution in [3.63, 3.8) is 0 Å². The maximum atomic E-state index is 14.0. The van der Waals surface area contributed by atoms with Gasteiger partial charge in [0.15, 0.2) is 0 Å². The van der Waals surface area contributed by atoms with Crippen molar-refractivity contribution >= 4 is 15.7 Å². The van der Waals surface area contributed by atoms with E-state index in [9.17, 15) is 17.2 Å². The third-order valence-electron chi connectivity index (χ3n) is 4.57. The molecule has 1 N–H and O–H groups in total. The number of ether oxygens (including phenoxy) is 2. The molecule has 0 saturated carbocycles. The molecule has 152 valence electrons. The Labute approximate surface area is 163 Å². The summed E-state index contributed by atoms with van der Waals surface area (Å²) in [5.74, 6) is -1.15. The Morgan fingerprint density at radius 2 is 1.79 bits per heavy atom. The second kappa shape index (κ2) is 8.42. The first-order valence-electron chi connectivity index (χ1n) is 8.81. The molecule has 1 aliphatic rings. The highest BCUT2D eigenvalue weighted by atomic mass is 32.2. The van der Waals surface area contributed by atoms with Gasteiger partial charge in [-0.05, 0) is 37.3 Å². The summed E-state index contributed by atoms with van der Waals surface area (Å²) in [7, 11) is -2.42. The van der Waals surface area contributed by atoms with Crippen LogP contribution in [0, 0.1) is 11.6 Å². The molecule has 9 heteroatoms. The van der Waals surface area contributed by atoms with Crippen molar-refractivity contribution in [1.82, 2.24) is 4.31 Å². The lowest BCUT2D eigenvalue weighted by atomic mass is 10.1. The maximum absolute atomic E-state index is 14.0. The van der Waals surface area contributed by atoms with E-state index in [0.29, 0.717) is 18.9 Å². The first kappa shape index (κ1) is 20.5. The highest BCUT2D eigenvalue weighted by molar-refractivity contribution is 7.89. The molecule has 1 saturated heterocycles. The molecule has 0 bridgehead atoms. The van der Waals surface area contributed by atoms with E-state index in [1.165, 1.54) is 41.7 Å². The molecule has 3 rings (SSSR count). The van der Waals surface area contributed by atoms with Crippen molar-refractivity contribution in [2.45, 2.75) is 17.9 Å². The van der Waals surface area contributed by atoms with Crippen molar-refractivity contribution in [2.24, 2.45) is 0 Å². The summed E-state index contributed by atoms with van der Waals surface area (Å²) in [6.07, 6.45) is 0. The average molecular weight is 412 g/mol. The summed E-state index contributed by atoms with van der Waals surface area (Å²) < 4.78 is 65.9. The summed E-state index contributed by atoms with van der Waals surface area (Å²) in [5, 5.41) is 2.96. The summed E-state index contributed by atoms with van der Waals surface area (Å²) >= 11 is 0. The van der Waals surface area contributed by atoms with Gasteiger partial charge in [0, 0.05) is 24.3 Å². The highest BCUT2D eigenvalue weighted by Gasteiger charge is 2.29. The summed E-state index contributed by atoms with van der Waals surface area (Å²) in [6.45, 7) is 2.74. The van der Waals surface area contributed by atoms with Crippen LogP contribution >= 0.6 is 0 Å². The van der Waals surface area contributed by atoms with Gasteiger partial charge in [-0.3, -0.25) is 0 Å². The van der Waals surface area contributed by atoms with Gasteiger partial charge < -0.3 is 14.8 Å². The zero-order chi connectivity index (χ0) is 20.3. The van der Waals surface area contributed by atoms with E-state index in [0.717, 1.165) is 0 Å². The van der Waals surface area contributed by atoms with Crippen LogP contribution in [0.5, 0.6) is 5.75 Å². The lowest BCUT2D eigenvalue weighted by Crippen LogP contribution is -2.40. The van der Waals surface area contributed by atoms with Gasteiger partial charge in [-0.2, -0.15) is 4.31 Å². The fraction of sp³-hybridized carbons (Fsp3) is 0.368. The van der Waals surface area contributed by atoms with Crippen molar-refractivity contribution in [3.8, 4) is 5.75 Å². The lowest BCUT2D eigenvalue weighted by molar-refractivity contribution is 0.0729. The van der Waals surface area contributed by atoms with Gasteiger partial charge in [0.2, 0.25) is 10.0 Å². The molecular formula is C19H22F2N2O4S. The second-order valence-corrected chi connectivity index (χ2v) is 8.29. The fourth-order valence-corrected chi connectivity index (χ4v) is 4.73. The molecular weight excluding hydrogens is 390 g/mol. The van der Waals surface area contributed by atoms with E-state index in [1.807, 2.05) is 0 Å². The van der Waals surface area contributed by atoms with Gasteiger partial charge >= 0.3 is 0 Å². The standard InChI is InChI=1S/C19H22F2N2O4S/c1-13(19-15(20)4-3-5-16(19)21)22-14-6-7-17(26-2)18(12-14)28(24,25)23-8-10-27-11-9-23/h3-7,12-13,22H,8-11H2,1-2H3/t13-/m0/s1. The number of rotatable bonds is 6. The van der Waals surface area contributed by atoms with Crippen molar-refractivity contribution in [1.29, 1.82) is 0 Å². The van der Waals surface area contributed by atoms with E-state index in [4.69, 9.17) is 9.47 Å². The fourth-order valence-electron chi connectivity index (χ4n) is 3.14. The van der Waals surface area contributed by atoms with Crippen molar-refractivity contribution in [2.75, 3.05) is 38.7 Å². The molecule has 0 spiro atoms. The molecule has 2 aromatic rings. The third-order valence-corrected chi connectivity index (χ3v) is 6.49. The maximum Gasteiger partial charge on any atom is 0.246 e. The smallest absolute Gasteiger partial charge is 0.246 e. The van der Waals surface area contributed by atoms with Crippen LogP contribution < -0.4 is 10.1 Å². The van der Waals surface area contributed by atoms with Crippen LogP contribution in [0.15, 0.2) is 41.3 Å². The Kier molecular flexibility index (Phi) is 6.17. The van der Waals surface area contributed by atoms with Crippen LogP contribution in [0.25, 0.3) is 0 Å².